The van der Waals surface area contributed by atoms with Crippen molar-refractivity contribution in [1.29, 1.82) is 0 Å². The predicted molar refractivity (Wildman–Crippen MR) is 80.9 cm³/mol. The Balaban J connectivity index is 1.75. The number of nitrogens with one attached hydrogen (secondary N) is 1. The minimum atomic E-state index is 0.754. The summed E-state index contributed by atoms with van der Waals surface area (Å²) in [5.74, 6) is 0.937. The highest BCUT2D eigenvalue weighted by Crippen LogP contribution is 2.17. The molecule has 0 heterocycles. The molecule has 0 bridgehead atoms. The molecule has 100 valence electrons. The molecule has 19 heavy (non-hydrogen) atoms. The van der Waals surface area contributed by atoms with E-state index in [1.807, 2.05) is 24.3 Å². The van der Waals surface area contributed by atoms with Crippen LogP contribution in [0.3, 0.4) is 0 Å². The van der Waals surface area contributed by atoms with E-state index in [4.69, 9.17) is 4.74 Å². The highest BCUT2D eigenvalue weighted by atomic mass is 16.5. The van der Waals surface area contributed by atoms with Crippen LogP contribution >= 0.6 is 0 Å². The molecule has 0 saturated carbocycles. The fourth-order valence-corrected chi connectivity index (χ4v) is 2.01. The topological polar surface area (TPSA) is 21.3 Å². The van der Waals surface area contributed by atoms with Gasteiger partial charge in [0.15, 0.2) is 0 Å². The molecule has 0 fully saturated rings. The van der Waals surface area contributed by atoms with E-state index in [0.717, 1.165) is 37.4 Å². The monoisotopic (exact) mass is 255 g/mol. The number of anilines is 1. The third-order valence-corrected chi connectivity index (χ3v) is 2.94. The third kappa shape index (κ3) is 4.66. The van der Waals surface area contributed by atoms with E-state index in [0.29, 0.717) is 0 Å². The molecule has 2 heteroatoms. The van der Waals surface area contributed by atoms with Gasteiger partial charge in [0, 0.05) is 18.3 Å². The molecule has 1 N–H and O–H groups in total. The second kappa shape index (κ2) is 7.47. The van der Waals surface area contributed by atoms with Crippen LogP contribution in [0.2, 0.25) is 0 Å². The van der Waals surface area contributed by atoms with Crippen molar-refractivity contribution in [1.82, 2.24) is 0 Å². The standard InChI is InChI=1S/C17H21NO/c1-2-18-16-11-6-12-17(14-16)19-13-7-10-15-8-4-3-5-9-15/h3-6,8-9,11-12,14,18H,2,7,10,13H2,1H3. The zero-order chi connectivity index (χ0) is 13.3. The van der Waals surface area contributed by atoms with E-state index in [2.05, 4.69) is 42.6 Å². The first-order valence-corrected chi connectivity index (χ1v) is 6.89. The lowest BCUT2D eigenvalue weighted by Gasteiger charge is -2.08. The first-order valence-electron chi connectivity index (χ1n) is 6.89. The van der Waals surface area contributed by atoms with Crippen molar-refractivity contribution in [2.75, 3.05) is 18.5 Å². The van der Waals surface area contributed by atoms with E-state index in [1.165, 1.54) is 5.56 Å². The lowest BCUT2D eigenvalue weighted by molar-refractivity contribution is 0.311. The molecule has 0 aromatic heterocycles. The molecule has 2 aromatic rings. The van der Waals surface area contributed by atoms with Gasteiger partial charge in [-0.15, -0.1) is 0 Å². The van der Waals surface area contributed by atoms with Crippen LogP contribution in [-0.4, -0.2) is 13.2 Å². The fraction of sp³-hybridized carbons (Fsp3) is 0.294. The summed E-state index contributed by atoms with van der Waals surface area (Å²) in [5, 5.41) is 3.28. The third-order valence-electron chi connectivity index (χ3n) is 2.94. The largest absolute Gasteiger partial charge is 0.494 e. The van der Waals surface area contributed by atoms with Crippen molar-refractivity contribution in [3.63, 3.8) is 0 Å². The van der Waals surface area contributed by atoms with Crippen LogP contribution in [-0.2, 0) is 6.42 Å². The zero-order valence-electron chi connectivity index (χ0n) is 11.4. The first-order chi connectivity index (χ1) is 9.38. The molecule has 2 nitrogen and oxygen atoms in total. The lowest BCUT2D eigenvalue weighted by Crippen LogP contribution is -2.01. The van der Waals surface area contributed by atoms with E-state index in [1.54, 1.807) is 0 Å². The summed E-state index contributed by atoms with van der Waals surface area (Å²) in [7, 11) is 0. The van der Waals surface area contributed by atoms with Gasteiger partial charge in [-0.1, -0.05) is 36.4 Å². The van der Waals surface area contributed by atoms with Crippen molar-refractivity contribution >= 4 is 5.69 Å². The van der Waals surface area contributed by atoms with Gasteiger partial charge in [0.05, 0.1) is 6.61 Å². The van der Waals surface area contributed by atoms with Crippen LogP contribution in [0, 0.1) is 0 Å². The van der Waals surface area contributed by atoms with E-state index < -0.39 is 0 Å². The number of hydrogen-bond acceptors (Lipinski definition) is 2. The molecule has 0 radical (unpaired) electrons. The summed E-state index contributed by atoms with van der Waals surface area (Å²) in [6, 6.07) is 18.6. The predicted octanol–water partition coefficient (Wildman–Crippen LogP) is 4.13. The van der Waals surface area contributed by atoms with Gasteiger partial charge in [0.2, 0.25) is 0 Å². The highest BCUT2D eigenvalue weighted by Gasteiger charge is 1.97. The average Bonchev–Trinajstić information content (AvgIpc) is 2.46. The second-order valence-electron chi connectivity index (χ2n) is 4.50. The fourth-order valence-electron chi connectivity index (χ4n) is 2.01. The first kappa shape index (κ1) is 13.5. The molecule has 0 atom stereocenters. The van der Waals surface area contributed by atoms with Gasteiger partial charge in [-0.25, -0.2) is 0 Å². The Morgan fingerprint density at radius 2 is 1.84 bits per heavy atom. The summed E-state index contributed by atoms with van der Waals surface area (Å²) in [6.07, 6.45) is 2.10. The Bertz CT molecular complexity index is 482. The van der Waals surface area contributed by atoms with Gasteiger partial charge in [-0.3, -0.25) is 0 Å². The van der Waals surface area contributed by atoms with Crippen LogP contribution in [0.25, 0.3) is 0 Å². The molecular formula is C17H21NO. The molecule has 0 aliphatic carbocycles. The average molecular weight is 255 g/mol. The Morgan fingerprint density at radius 3 is 2.63 bits per heavy atom. The van der Waals surface area contributed by atoms with Crippen LogP contribution < -0.4 is 10.1 Å². The molecule has 0 aliphatic heterocycles. The van der Waals surface area contributed by atoms with Gasteiger partial charge >= 0.3 is 0 Å². The smallest absolute Gasteiger partial charge is 0.121 e. The zero-order valence-corrected chi connectivity index (χ0v) is 11.4. The molecule has 0 saturated heterocycles. The minimum Gasteiger partial charge on any atom is -0.494 e. The lowest BCUT2D eigenvalue weighted by atomic mass is 10.1. The Kier molecular flexibility index (Phi) is 5.30. The summed E-state index contributed by atoms with van der Waals surface area (Å²) < 4.78 is 5.77. The second-order valence-corrected chi connectivity index (χ2v) is 4.50. The SMILES string of the molecule is CCNc1cccc(OCCCc2ccccc2)c1. The van der Waals surface area contributed by atoms with E-state index in [-0.39, 0.29) is 0 Å². The number of ether oxygens (including phenoxy) is 1. The normalized spacial score (nSPS) is 10.2. The Morgan fingerprint density at radius 1 is 1.00 bits per heavy atom. The van der Waals surface area contributed by atoms with Crippen LogP contribution in [0.1, 0.15) is 18.9 Å². The summed E-state index contributed by atoms with van der Waals surface area (Å²) >= 11 is 0. The molecular weight excluding hydrogens is 234 g/mol. The quantitative estimate of drug-likeness (QED) is 0.751. The van der Waals surface area contributed by atoms with E-state index >= 15 is 0 Å². The van der Waals surface area contributed by atoms with Crippen molar-refractivity contribution in [3.05, 3.63) is 60.2 Å². The van der Waals surface area contributed by atoms with Crippen LogP contribution in [0.4, 0.5) is 5.69 Å². The summed E-state index contributed by atoms with van der Waals surface area (Å²) in [6.45, 7) is 3.77. The number of aryl methyl sites for hydroxylation is 1. The number of hydrogen-bond donors (Lipinski definition) is 1. The minimum absolute atomic E-state index is 0.754. The number of benzene rings is 2. The maximum Gasteiger partial charge on any atom is 0.121 e. The van der Waals surface area contributed by atoms with Gasteiger partial charge < -0.3 is 10.1 Å². The molecule has 0 aliphatic rings. The van der Waals surface area contributed by atoms with Crippen molar-refractivity contribution in [2.45, 2.75) is 19.8 Å². The van der Waals surface area contributed by atoms with Crippen molar-refractivity contribution in [3.8, 4) is 5.75 Å². The van der Waals surface area contributed by atoms with Crippen LogP contribution in [0.15, 0.2) is 54.6 Å². The summed E-state index contributed by atoms with van der Waals surface area (Å²) in [4.78, 5) is 0. The summed E-state index contributed by atoms with van der Waals surface area (Å²) in [5.41, 5.74) is 2.48. The molecule has 0 amide bonds. The van der Waals surface area contributed by atoms with E-state index in [9.17, 15) is 0 Å². The van der Waals surface area contributed by atoms with Gasteiger partial charge in [-0.05, 0) is 37.5 Å². The highest BCUT2D eigenvalue weighted by molar-refractivity contribution is 5.47. The molecule has 2 rings (SSSR count). The van der Waals surface area contributed by atoms with Gasteiger partial charge in [0.25, 0.3) is 0 Å². The van der Waals surface area contributed by atoms with Gasteiger partial charge in [-0.2, -0.15) is 0 Å². The molecule has 2 aromatic carbocycles. The van der Waals surface area contributed by atoms with Gasteiger partial charge in [0.1, 0.15) is 5.75 Å². The Labute approximate surface area is 115 Å². The van der Waals surface area contributed by atoms with Crippen molar-refractivity contribution < 1.29 is 4.74 Å². The van der Waals surface area contributed by atoms with Crippen molar-refractivity contribution in [2.24, 2.45) is 0 Å². The Hall–Kier alpha value is -1.96. The maximum absolute atomic E-state index is 5.77. The maximum atomic E-state index is 5.77. The van der Waals surface area contributed by atoms with Crippen LogP contribution in [0.5, 0.6) is 5.75 Å². The molecule has 0 spiro atoms. The number of rotatable bonds is 7. The molecule has 0 unspecified atom stereocenters.